The van der Waals surface area contributed by atoms with Crippen molar-refractivity contribution < 1.29 is 14.3 Å². The van der Waals surface area contributed by atoms with Gasteiger partial charge in [0.1, 0.15) is 17.9 Å². The number of aliphatic hydroxyl groups excluding tert-OH is 1. The van der Waals surface area contributed by atoms with Gasteiger partial charge in [0.05, 0.1) is 6.10 Å². The standard InChI is InChI=1S/C13H14O4/c1-2-10(14)8-16-11-5-3-9-4-6-13(15)17-12(9)7-11/h3-7,10,14H,2,8H2,1H3/t10-/m1/s1. The summed E-state index contributed by atoms with van der Waals surface area (Å²) in [6.45, 7) is 2.12. The van der Waals surface area contributed by atoms with E-state index < -0.39 is 6.10 Å². The Morgan fingerprint density at radius 3 is 2.88 bits per heavy atom. The topological polar surface area (TPSA) is 59.7 Å². The molecule has 0 saturated heterocycles. The Hall–Kier alpha value is -1.81. The molecule has 0 aliphatic carbocycles. The van der Waals surface area contributed by atoms with E-state index in [1.54, 1.807) is 18.2 Å². The van der Waals surface area contributed by atoms with Gasteiger partial charge < -0.3 is 14.3 Å². The van der Waals surface area contributed by atoms with Crippen molar-refractivity contribution >= 4 is 11.0 Å². The maximum atomic E-state index is 11.1. The lowest BCUT2D eigenvalue weighted by molar-refractivity contribution is 0.104. The summed E-state index contributed by atoms with van der Waals surface area (Å²) in [5.74, 6) is 0.583. The molecule has 2 aromatic rings. The fourth-order valence-corrected chi connectivity index (χ4v) is 1.44. The molecule has 0 amide bonds. The highest BCUT2D eigenvalue weighted by Gasteiger charge is 2.04. The summed E-state index contributed by atoms with van der Waals surface area (Å²) < 4.78 is 10.4. The van der Waals surface area contributed by atoms with Crippen LogP contribution < -0.4 is 10.4 Å². The van der Waals surface area contributed by atoms with Crippen LogP contribution in [-0.2, 0) is 0 Å². The quantitative estimate of drug-likeness (QED) is 0.821. The first-order valence-corrected chi connectivity index (χ1v) is 5.54. The molecule has 17 heavy (non-hydrogen) atoms. The van der Waals surface area contributed by atoms with E-state index in [9.17, 15) is 9.90 Å². The number of aliphatic hydroxyl groups is 1. The summed E-state index contributed by atoms with van der Waals surface area (Å²) >= 11 is 0. The van der Waals surface area contributed by atoms with E-state index in [1.807, 2.05) is 13.0 Å². The van der Waals surface area contributed by atoms with Gasteiger partial charge in [-0.25, -0.2) is 4.79 Å². The van der Waals surface area contributed by atoms with Crippen LogP contribution in [0.2, 0.25) is 0 Å². The Balaban J connectivity index is 2.22. The molecule has 0 aliphatic heterocycles. The van der Waals surface area contributed by atoms with E-state index in [0.29, 0.717) is 17.8 Å². The minimum absolute atomic E-state index is 0.235. The van der Waals surface area contributed by atoms with Gasteiger partial charge in [-0.2, -0.15) is 0 Å². The maximum absolute atomic E-state index is 11.1. The van der Waals surface area contributed by atoms with Gasteiger partial charge >= 0.3 is 5.63 Å². The molecule has 0 radical (unpaired) electrons. The third kappa shape index (κ3) is 2.85. The third-order valence-corrected chi connectivity index (χ3v) is 2.51. The molecule has 2 rings (SSSR count). The van der Waals surface area contributed by atoms with Gasteiger partial charge in [0.15, 0.2) is 0 Å². The van der Waals surface area contributed by atoms with Gasteiger partial charge in [0.25, 0.3) is 0 Å². The molecule has 1 atom stereocenters. The van der Waals surface area contributed by atoms with Gasteiger partial charge in [-0.05, 0) is 24.6 Å². The van der Waals surface area contributed by atoms with E-state index in [4.69, 9.17) is 9.15 Å². The van der Waals surface area contributed by atoms with Crippen molar-refractivity contribution in [1.29, 1.82) is 0 Å². The molecule has 0 unspecified atom stereocenters. The summed E-state index contributed by atoms with van der Waals surface area (Å²) in [5, 5.41) is 10.2. The van der Waals surface area contributed by atoms with Crippen molar-refractivity contribution in [2.24, 2.45) is 0 Å². The number of ether oxygens (including phenoxy) is 1. The smallest absolute Gasteiger partial charge is 0.336 e. The van der Waals surface area contributed by atoms with Crippen molar-refractivity contribution in [2.45, 2.75) is 19.4 Å². The highest BCUT2D eigenvalue weighted by Crippen LogP contribution is 2.19. The van der Waals surface area contributed by atoms with Crippen LogP contribution in [0.1, 0.15) is 13.3 Å². The zero-order chi connectivity index (χ0) is 12.3. The van der Waals surface area contributed by atoms with Crippen LogP contribution >= 0.6 is 0 Å². The molecule has 1 aromatic carbocycles. The predicted molar refractivity (Wildman–Crippen MR) is 64.3 cm³/mol. The third-order valence-electron chi connectivity index (χ3n) is 2.51. The lowest BCUT2D eigenvalue weighted by atomic mass is 10.2. The number of benzene rings is 1. The Morgan fingerprint density at radius 1 is 1.35 bits per heavy atom. The minimum Gasteiger partial charge on any atom is -0.491 e. The van der Waals surface area contributed by atoms with Crippen molar-refractivity contribution in [2.75, 3.05) is 6.61 Å². The Labute approximate surface area is 98.4 Å². The highest BCUT2D eigenvalue weighted by molar-refractivity contribution is 5.77. The van der Waals surface area contributed by atoms with E-state index in [-0.39, 0.29) is 12.2 Å². The fourth-order valence-electron chi connectivity index (χ4n) is 1.44. The molecule has 0 saturated carbocycles. The second-order valence-electron chi connectivity index (χ2n) is 3.83. The van der Waals surface area contributed by atoms with Crippen molar-refractivity contribution in [1.82, 2.24) is 0 Å². The van der Waals surface area contributed by atoms with E-state index in [2.05, 4.69) is 0 Å². The molecular formula is C13H14O4. The van der Waals surface area contributed by atoms with Gasteiger partial charge in [0.2, 0.25) is 0 Å². The molecule has 90 valence electrons. The zero-order valence-electron chi connectivity index (χ0n) is 9.55. The summed E-state index contributed by atoms with van der Waals surface area (Å²) in [6.07, 6.45) is 0.163. The first kappa shape index (κ1) is 11.7. The molecule has 4 heteroatoms. The summed E-state index contributed by atoms with van der Waals surface area (Å²) in [6, 6.07) is 8.32. The van der Waals surface area contributed by atoms with Gasteiger partial charge in [0, 0.05) is 17.5 Å². The van der Waals surface area contributed by atoms with Crippen LogP contribution in [0.25, 0.3) is 11.0 Å². The van der Waals surface area contributed by atoms with Crippen molar-refractivity contribution in [3.05, 3.63) is 40.8 Å². The molecule has 0 fully saturated rings. The highest BCUT2D eigenvalue weighted by atomic mass is 16.5. The van der Waals surface area contributed by atoms with Crippen LogP contribution in [0, 0.1) is 0 Å². The second kappa shape index (κ2) is 5.01. The van der Waals surface area contributed by atoms with Crippen LogP contribution in [0.4, 0.5) is 0 Å². The minimum atomic E-state index is -0.478. The lowest BCUT2D eigenvalue weighted by Gasteiger charge is -2.10. The molecule has 0 spiro atoms. The number of hydrogen-bond acceptors (Lipinski definition) is 4. The second-order valence-corrected chi connectivity index (χ2v) is 3.83. The molecule has 1 aromatic heterocycles. The monoisotopic (exact) mass is 234 g/mol. The SMILES string of the molecule is CC[C@@H](O)COc1ccc2ccc(=O)oc2c1. The molecule has 4 nitrogen and oxygen atoms in total. The van der Waals surface area contributed by atoms with Gasteiger partial charge in [-0.15, -0.1) is 0 Å². The predicted octanol–water partition coefficient (Wildman–Crippen LogP) is 1.94. The number of fused-ring (bicyclic) bond motifs is 1. The van der Waals surface area contributed by atoms with Crippen LogP contribution in [-0.4, -0.2) is 17.8 Å². The number of rotatable bonds is 4. The molecule has 0 aliphatic rings. The van der Waals surface area contributed by atoms with Crippen molar-refractivity contribution in [3.8, 4) is 5.75 Å². The Morgan fingerprint density at radius 2 is 2.12 bits per heavy atom. The summed E-state index contributed by atoms with van der Waals surface area (Å²) in [7, 11) is 0. The Bertz CT molecular complexity index is 559. The summed E-state index contributed by atoms with van der Waals surface area (Å²) in [5.41, 5.74) is 0.101. The van der Waals surface area contributed by atoms with Gasteiger partial charge in [-0.1, -0.05) is 6.92 Å². The average molecular weight is 234 g/mol. The van der Waals surface area contributed by atoms with Crippen LogP contribution in [0.5, 0.6) is 5.75 Å². The zero-order valence-corrected chi connectivity index (χ0v) is 9.55. The molecule has 1 N–H and O–H groups in total. The molecular weight excluding hydrogens is 220 g/mol. The van der Waals surface area contributed by atoms with E-state index >= 15 is 0 Å². The lowest BCUT2D eigenvalue weighted by Crippen LogP contribution is -2.15. The van der Waals surface area contributed by atoms with Gasteiger partial charge in [-0.3, -0.25) is 0 Å². The fraction of sp³-hybridized carbons (Fsp3) is 0.308. The first-order valence-electron chi connectivity index (χ1n) is 5.54. The summed E-state index contributed by atoms with van der Waals surface area (Å²) in [4.78, 5) is 11.1. The van der Waals surface area contributed by atoms with Crippen LogP contribution in [0.15, 0.2) is 39.5 Å². The van der Waals surface area contributed by atoms with E-state index in [0.717, 1.165) is 5.39 Å². The maximum Gasteiger partial charge on any atom is 0.336 e. The van der Waals surface area contributed by atoms with Crippen LogP contribution in [0.3, 0.4) is 0 Å². The average Bonchev–Trinajstić information content (AvgIpc) is 2.35. The normalized spacial score (nSPS) is 12.6. The molecule has 1 heterocycles. The van der Waals surface area contributed by atoms with E-state index in [1.165, 1.54) is 6.07 Å². The first-order chi connectivity index (χ1) is 8.19. The van der Waals surface area contributed by atoms with Crippen molar-refractivity contribution in [3.63, 3.8) is 0 Å². The Kier molecular flexibility index (Phi) is 3.44. The number of hydrogen-bond donors (Lipinski definition) is 1. The largest absolute Gasteiger partial charge is 0.491 e. The molecule has 0 bridgehead atoms.